The number of rotatable bonds is 5. The Labute approximate surface area is 206 Å². The smallest absolute Gasteiger partial charge is 0.349 e. The van der Waals surface area contributed by atoms with E-state index in [1.165, 1.54) is 6.20 Å². The molecule has 1 amide bonds. The molecule has 7 nitrogen and oxygen atoms in total. The Morgan fingerprint density at radius 3 is 2.56 bits per heavy atom. The van der Waals surface area contributed by atoms with Crippen LogP contribution in [0, 0.1) is 6.92 Å². The minimum atomic E-state index is -4.58. The quantitative estimate of drug-likeness (QED) is 0.419. The molecule has 5 rings (SSSR count). The second kappa shape index (κ2) is 9.16. The van der Waals surface area contributed by atoms with Crippen molar-refractivity contribution in [2.75, 3.05) is 27.2 Å². The van der Waals surface area contributed by atoms with Crippen molar-refractivity contribution in [3.05, 3.63) is 52.5 Å². The van der Waals surface area contributed by atoms with Gasteiger partial charge in [-0.25, -0.2) is 4.98 Å². The van der Waals surface area contributed by atoms with Crippen LogP contribution in [0.4, 0.5) is 13.2 Å². The van der Waals surface area contributed by atoms with Gasteiger partial charge in [-0.15, -0.1) is 0 Å². The molecule has 0 unspecified atom stereocenters. The molecule has 10 heteroatoms. The van der Waals surface area contributed by atoms with Crippen molar-refractivity contribution < 1.29 is 18.0 Å². The number of aromatic nitrogens is 4. The van der Waals surface area contributed by atoms with Gasteiger partial charge in [-0.05, 0) is 76.0 Å². The molecule has 0 radical (unpaired) electrons. The van der Waals surface area contributed by atoms with E-state index >= 15 is 0 Å². The molecule has 1 aliphatic rings. The topological polar surface area (TPSA) is 86.8 Å². The van der Waals surface area contributed by atoms with Crippen molar-refractivity contribution in [2.45, 2.75) is 38.8 Å². The largest absolute Gasteiger partial charge is 0.418 e. The van der Waals surface area contributed by atoms with E-state index in [0.717, 1.165) is 42.1 Å². The number of fused-ring (bicyclic) bond motifs is 5. The molecule has 0 spiro atoms. The van der Waals surface area contributed by atoms with Crippen LogP contribution in [-0.2, 0) is 19.0 Å². The van der Waals surface area contributed by atoms with Gasteiger partial charge < -0.3 is 10.2 Å². The van der Waals surface area contributed by atoms with Crippen molar-refractivity contribution in [1.29, 1.82) is 0 Å². The first-order chi connectivity index (χ1) is 17.1. The summed E-state index contributed by atoms with van der Waals surface area (Å²) in [6.45, 7) is 3.00. The zero-order valence-electron chi connectivity index (χ0n) is 20.4. The number of hydrogen-bond acceptors (Lipinski definition) is 5. The first-order valence-electron chi connectivity index (χ1n) is 11.9. The minimum Gasteiger partial charge on any atom is -0.349 e. The Morgan fingerprint density at radius 2 is 1.89 bits per heavy atom. The zero-order valence-corrected chi connectivity index (χ0v) is 20.4. The maximum atomic E-state index is 14.2. The van der Waals surface area contributed by atoms with E-state index in [-0.39, 0.29) is 17.1 Å². The third-order valence-electron chi connectivity index (χ3n) is 6.70. The number of nitrogens with zero attached hydrogens (tertiary/aromatic N) is 4. The molecule has 1 aliphatic carbocycles. The fourth-order valence-corrected chi connectivity index (χ4v) is 4.96. The van der Waals surface area contributed by atoms with E-state index in [1.54, 1.807) is 12.1 Å². The number of aryl methyl sites for hydroxylation is 2. The van der Waals surface area contributed by atoms with E-state index in [4.69, 9.17) is 0 Å². The molecule has 3 aromatic heterocycles. The average molecular weight is 497 g/mol. The molecule has 36 heavy (non-hydrogen) atoms. The van der Waals surface area contributed by atoms with Crippen LogP contribution in [-0.4, -0.2) is 58.2 Å². The highest BCUT2D eigenvalue weighted by Gasteiger charge is 2.36. The summed E-state index contributed by atoms with van der Waals surface area (Å²) in [5.74, 6) is -0.297. The standard InChI is InChI=1S/C26H27F3N6O/c1-14-21-20(34-33-14)12-18(26(27,28)29)24-22(21)16-6-4-5-7-17(16)23(32-24)15-8-9-19(31-13-15)25(36)30-10-11-35(2)3/h8-9,12-13H,4-7,10-11H2,1-3H3,(H,30,36)(H,33,34). The van der Waals surface area contributed by atoms with Gasteiger partial charge >= 0.3 is 6.18 Å². The number of halogens is 3. The Balaban J connectivity index is 1.66. The molecule has 0 saturated carbocycles. The van der Waals surface area contributed by atoms with Crippen LogP contribution in [0.25, 0.3) is 33.1 Å². The van der Waals surface area contributed by atoms with Gasteiger partial charge in [0.2, 0.25) is 0 Å². The van der Waals surface area contributed by atoms with Crippen molar-refractivity contribution in [1.82, 2.24) is 30.4 Å². The van der Waals surface area contributed by atoms with Gasteiger partial charge in [-0.1, -0.05) is 0 Å². The van der Waals surface area contributed by atoms with Gasteiger partial charge in [0.25, 0.3) is 5.91 Å². The Morgan fingerprint density at radius 1 is 1.14 bits per heavy atom. The Hall–Kier alpha value is -3.53. The maximum absolute atomic E-state index is 14.2. The van der Waals surface area contributed by atoms with Crippen LogP contribution < -0.4 is 5.32 Å². The summed E-state index contributed by atoms with van der Waals surface area (Å²) in [5.41, 5.74) is 3.33. The number of carbonyl (C=O) groups excluding carboxylic acids is 1. The second-order valence-electron chi connectivity index (χ2n) is 9.50. The van der Waals surface area contributed by atoms with E-state index in [0.29, 0.717) is 47.1 Å². The predicted molar refractivity (Wildman–Crippen MR) is 132 cm³/mol. The van der Waals surface area contributed by atoms with Gasteiger partial charge in [0.05, 0.1) is 22.3 Å². The molecule has 0 bridgehead atoms. The highest BCUT2D eigenvalue weighted by molar-refractivity contribution is 6.10. The number of hydrogen-bond donors (Lipinski definition) is 2. The van der Waals surface area contributed by atoms with Crippen LogP contribution in [0.3, 0.4) is 0 Å². The lowest BCUT2D eigenvalue weighted by atomic mass is 9.84. The first kappa shape index (κ1) is 24.2. The number of carbonyl (C=O) groups is 1. The molecule has 0 aliphatic heterocycles. The highest BCUT2D eigenvalue weighted by Crippen LogP contribution is 2.43. The normalized spacial score (nSPS) is 14.0. The first-order valence-corrected chi connectivity index (χ1v) is 11.9. The predicted octanol–water partition coefficient (Wildman–Crippen LogP) is 4.67. The van der Waals surface area contributed by atoms with E-state index in [2.05, 4.69) is 25.5 Å². The number of benzene rings is 1. The number of aromatic amines is 1. The third-order valence-corrected chi connectivity index (χ3v) is 6.70. The molecule has 0 atom stereocenters. The van der Waals surface area contributed by atoms with Crippen LogP contribution in [0.2, 0.25) is 0 Å². The van der Waals surface area contributed by atoms with Gasteiger partial charge in [0.1, 0.15) is 5.69 Å². The maximum Gasteiger partial charge on any atom is 0.418 e. The number of nitrogens with one attached hydrogen (secondary N) is 2. The van der Waals surface area contributed by atoms with Crippen LogP contribution in [0.1, 0.15) is 45.7 Å². The second-order valence-corrected chi connectivity index (χ2v) is 9.50. The summed E-state index contributed by atoms with van der Waals surface area (Å²) in [6.07, 6.45) is 0.152. The monoisotopic (exact) mass is 496 g/mol. The van der Waals surface area contributed by atoms with Gasteiger partial charge in [0, 0.05) is 41.3 Å². The minimum absolute atomic E-state index is 0.0688. The van der Waals surface area contributed by atoms with E-state index < -0.39 is 11.7 Å². The highest BCUT2D eigenvalue weighted by atomic mass is 19.4. The van der Waals surface area contributed by atoms with Crippen molar-refractivity contribution in [3.8, 4) is 11.3 Å². The lowest BCUT2D eigenvalue weighted by molar-refractivity contribution is -0.136. The number of pyridine rings is 2. The van der Waals surface area contributed by atoms with Crippen molar-refractivity contribution in [2.24, 2.45) is 0 Å². The SMILES string of the molecule is Cc1[nH]nc2cc(C(F)(F)F)c3nc(-c4ccc(C(=O)NCCN(C)C)nc4)c4c(c3c12)CCCC4. The molecule has 4 aromatic rings. The van der Waals surface area contributed by atoms with Crippen molar-refractivity contribution in [3.63, 3.8) is 0 Å². The summed E-state index contributed by atoms with van der Waals surface area (Å²) in [6, 6.07) is 4.38. The van der Waals surface area contributed by atoms with E-state index in [9.17, 15) is 18.0 Å². The van der Waals surface area contributed by atoms with E-state index in [1.807, 2.05) is 25.9 Å². The molecule has 2 N–H and O–H groups in total. The number of H-pyrrole nitrogens is 1. The lowest BCUT2D eigenvalue weighted by Gasteiger charge is -2.23. The molecule has 1 aromatic carbocycles. The summed E-state index contributed by atoms with van der Waals surface area (Å²) in [7, 11) is 3.83. The van der Waals surface area contributed by atoms with Gasteiger partial charge in [-0.2, -0.15) is 18.3 Å². The van der Waals surface area contributed by atoms with Crippen molar-refractivity contribution >= 4 is 27.7 Å². The molecule has 188 valence electrons. The Bertz CT molecular complexity index is 1460. The molecule has 3 heterocycles. The Kier molecular flexibility index (Phi) is 6.15. The fraction of sp³-hybridized carbons (Fsp3) is 0.385. The molecule has 0 saturated heterocycles. The van der Waals surface area contributed by atoms with Gasteiger partial charge in [0.15, 0.2) is 0 Å². The van der Waals surface area contributed by atoms with Gasteiger partial charge in [-0.3, -0.25) is 14.9 Å². The zero-order chi connectivity index (χ0) is 25.6. The summed E-state index contributed by atoms with van der Waals surface area (Å²) < 4.78 is 42.5. The fourth-order valence-electron chi connectivity index (χ4n) is 4.96. The van der Waals surface area contributed by atoms with Crippen LogP contribution in [0.15, 0.2) is 24.4 Å². The molecular formula is C26H27F3N6O. The summed E-state index contributed by atoms with van der Waals surface area (Å²) >= 11 is 0. The number of amides is 1. The molecular weight excluding hydrogens is 469 g/mol. The summed E-state index contributed by atoms with van der Waals surface area (Å²) in [5, 5.41) is 11.0. The molecule has 0 fully saturated rings. The van der Waals surface area contributed by atoms with Crippen LogP contribution in [0.5, 0.6) is 0 Å². The average Bonchev–Trinajstić information content (AvgIpc) is 3.22. The van der Waals surface area contributed by atoms with Crippen LogP contribution >= 0.6 is 0 Å². The third kappa shape index (κ3) is 4.30. The number of likely N-dealkylation sites (N-methyl/N-ethyl adjacent to an activating group) is 1. The summed E-state index contributed by atoms with van der Waals surface area (Å²) in [4.78, 5) is 23.3. The lowest BCUT2D eigenvalue weighted by Crippen LogP contribution is -2.31. The number of alkyl halides is 3.